The first kappa shape index (κ1) is 13.5. The molecule has 0 aliphatic heterocycles. The smallest absolute Gasteiger partial charge is 0.234 e. The predicted molar refractivity (Wildman–Crippen MR) is 64.1 cm³/mol. The Balaban J connectivity index is 2.26. The molecule has 16 heavy (non-hydrogen) atoms. The zero-order valence-corrected chi connectivity index (χ0v) is 10.8. The van der Waals surface area contributed by atoms with Crippen LogP contribution in [0.15, 0.2) is 0 Å². The van der Waals surface area contributed by atoms with Gasteiger partial charge in [0.15, 0.2) is 0 Å². The SMILES string of the molecule is CC(C)(O)C(C)(C)NC(=O)CNCC1CC1. The fourth-order valence-electron chi connectivity index (χ4n) is 1.26. The average molecular weight is 228 g/mol. The zero-order chi connectivity index (χ0) is 12.4. The van der Waals surface area contributed by atoms with E-state index in [4.69, 9.17) is 0 Å². The van der Waals surface area contributed by atoms with Gasteiger partial charge in [0.05, 0.1) is 17.7 Å². The van der Waals surface area contributed by atoms with E-state index in [1.165, 1.54) is 12.8 Å². The van der Waals surface area contributed by atoms with Gasteiger partial charge >= 0.3 is 0 Å². The van der Waals surface area contributed by atoms with Crippen molar-refractivity contribution in [2.45, 2.75) is 51.7 Å². The summed E-state index contributed by atoms with van der Waals surface area (Å²) < 4.78 is 0. The number of amides is 1. The van der Waals surface area contributed by atoms with Gasteiger partial charge in [0.2, 0.25) is 5.91 Å². The van der Waals surface area contributed by atoms with Gasteiger partial charge in [-0.05, 0) is 53.0 Å². The molecule has 3 N–H and O–H groups in total. The molecule has 4 nitrogen and oxygen atoms in total. The second kappa shape index (κ2) is 4.72. The summed E-state index contributed by atoms with van der Waals surface area (Å²) in [5, 5.41) is 15.8. The van der Waals surface area contributed by atoms with Gasteiger partial charge in [-0.25, -0.2) is 0 Å². The van der Waals surface area contributed by atoms with E-state index in [0.717, 1.165) is 12.5 Å². The highest BCUT2D eigenvalue weighted by Crippen LogP contribution is 2.27. The van der Waals surface area contributed by atoms with E-state index in [2.05, 4.69) is 10.6 Å². The van der Waals surface area contributed by atoms with Crippen LogP contribution in [0.1, 0.15) is 40.5 Å². The van der Waals surface area contributed by atoms with Crippen molar-refractivity contribution in [2.75, 3.05) is 13.1 Å². The highest BCUT2D eigenvalue weighted by Gasteiger charge is 2.36. The fourth-order valence-corrected chi connectivity index (χ4v) is 1.26. The topological polar surface area (TPSA) is 61.4 Å². The molecule has 0 radical (unpaired) electrons. The molecule has 0 aromatic carbocycles. The van der Waals surface area contributed by atoms with E-state index in [9.17, 15) is 9.90 Å². The summed E-state index contributed by atoms with van der Waals surface area (Å²) in [5.74, 6) is 0.711. The standard InChI is InChI=1S/C12H24N2O2/c1-11(2,12(3,4)16)14-10(15)8-13-7-9-5-6-9/h9,13,16H,5-8H2,1-4H3,(H,14,15). The Bertz CT molecular complexity index is 252. The predicted octanol–water partition coefficient (Wildman–Crippen LogP) is 0.652. The third-order valence-electron chi connectivity index (χ3n) is 3.40. The Morgan fingerprint density at radius 1 is 1.31 bits per heavy atom. The van der Waals surface area contributed by atoms with Crippen molar-refractivity contribution in [2.24, 2.45) is 5.92 Å². The molecule has 0 atom stereocenters. The molecule has 1 rings (SSSR count). The number of carbonyl (C=O) groups is 1. The zero-order valence-electron chi connectivity index (χ0n) is 10.8. The first-order chi connectivity index (χ1) is 7.22. The number of nitrogens with one attached hydrogen (secondary N) is 2. The molecule has 4 heteroatoms. The van der Waals surface area contributed by atoms with Crippen LogP contribution >= 0.6 is 0 Å². The molecule has 1 aliphatic carbocycles. The van der Waals surface area contributed by atoms with Crippen LogP contribution in [0.3, 0.4) is 0 Å². The van der Waals surface area contributed by atoms with Gasteiger partial charge in [-0.15, -0.1) is 0 Å². The van der Waals surface area contributed by atoms with Crippen molar-refractivity contribution in [3.63, 3.8) is 0 Å². The Morgan fingerprint density at radius 3 is 2.31 bits per heavy atom. The summed E-state index contributed by atoms with van der Waals surface area (Å²) in [6.45, 7) is 8.31. The quantitative estimate of drug-likeness (QED) is 0.625. The van der Waals surface area contributed by atoms with Gasteiger partial charge in [-0.1, -0.05) is 0 Å². The van der Waals surface area contributed by atoms with E-state index in [1.54, 1.807) is 13.8 Å². The largest absolute Gasteiger partial charge is 0.388 e. The second-order valence-electron chi connectivity index (χ2n) is 5.81. The van der Waals surface area contributed by atoms with Crippen LogP contribution in [0.2, 0.25) is 0 Å². The summed E-state index contributed by atoms with van der Waals surface area (Å²) in [6, 6.07) is 0. The first-order valence-electron chi connectivity index (χ1n) is 5.96. The Kier molecular flexibility index (Phi) is 3.97. The van der Waals surface area contributed by atoms with Crippen LogP contribution < -0.4 is 10.6 Å². The average Bonchev–Trinajstić information content (AvgIpc) is 2.84. The Labute approximate surface area is 97.8 Å². The van der Waals surface area contributed by atoms with Crippen LogP contribution in [0.4, 0.5) is 0 Å². The normalized spacial score (nSPS) is 17.3. The van der Waals surface area contributed by atoms with Crippen molar-refractivity contribution >= 4 is 5.91 Å². The van der Waals surface area contributed by atoms with Gasteiger partial charge in [0.25, 0.3) is 0 Å². The summed E-state index contributed by atoms with van der Waals surface area (Å²) in [5.41, 5.74) is -1.55. The molecule has 1 amide bonds. The fraction of sp³-hybridized carbons (Fsp3) is 0.917. The molecule has 1 aliphatic rings. The Hall–Kier alpha value is -0.610. The molecule has 0 saturated heterocycles. The van der Waals surface area contributed by atoms with Crippen LogP contribution in [0.5, 0.6) is 0 Å². The van der Waals surface area contributed by atoms with Crippen LogP contribution in [0, 0.1) is 5.92 Å². The third kappa shape index (κ3) is 4.10. The summed E-state index contributed by atoms with van der Waals surface area (Å²) in [4.78, 5) is 11.6. The van der Waals surface area contributed by atoms with E-state index in [-0.39, 0.29) is 5.91 Å². The Morgan fingerprint density at radius 2 is 1.88 bits per heavy atom. The maximum atomic E-state index is 11.6. The van der Waals surface area contributed by atoms with E-state index in [1.807, 2.05) is 13.8 Å². The minimum atomic E-state index is -0.931. The van der Waals surface area contributed by atoms with Crippen molar-refractivity contribution in [1.29, 1.82) is 0 Å². The monoisotopic (exact) mass is 228 g/mol. The number of aliphatic hydroxyl groups is 1. The third-order valence-corrected chi connectivity index (χ3v) is 3.40. The lowest BCUT2D eigenvalue weighted by Gasteiger charge is -2.38. The van der Waals surface area contributed by atoms with Crippen molar-refractivity contribution in [3.8, 4) is 0 Å². The van der Waals surface area contributed by atoms with Crippen LogP contribution in [-0.2, 0) is 4.79 Å². The second-order valence-corrected chi connectivity index (χ2v) is 5.81. The molecule has 0 aromatic rings. The molecule has 0 unspecified atom stereocenters. The first-order valence-corrected chi connectivity index (χ1v) is 5.96. The molecular weight excluding hydrogens is 204 g/mol. The molecule has 0 aromatic heterocycles. The number of rotatable bonds is 6. The van der Waals surface area contributed by atoms with Crippen molar-refractivity contribution < 1.29 is 9.90 Å². The molecule has 0 spiro atoms. The number of hydrogen-bond donors (Lipinski definition) is 3. The van der Waals surface area contributed by atoms with Crippen molar-refractivity contribution in [3.05, 3.63) is 0 Å². The highest BCUT2D eigenvalue weighted by molar-refractivity contribution is 5.78. The number of hydrogen-bond acceptors (Lipinski definition) is 3. The van der Waals surface area contributed by atoms with E-state index in [0.29, 0.717) is 6.54 Å². The molecule has 0 bridgehead atoms. The molecular formula is C12H24N2O2. The van der Waals surface area contributed by atoms with Gasteiger partial charge in [-0.3, -0.25) is 4.79 Å². The van der Waals surface area contributed by atoms with Gasteiger partial charge in [0, 0.05) is 0 Å². The van der Waals surface area contributed by atoms with Gasteiger partial charge in [0.1, 0.15) is 0 Å². The van der Waals surface area contributed by atoms with Crippen molar-refractivity contribution in [1.82, 2.24) is 10.6 Å². The lowest BCUT2D eigenvalue weighted by molar-refractivity contribution is -0.125. The van der Waals surface area contributed by atoms with Crippen LogP contribution in [-0.4, -0.2) is 35.2 Å². The van der Waals surface area contributed by atoms with E-state index < -0.39 is 11.1 Å². The van der Waals surface area contributed by atoms with Gasteiger partial charge < -0.3 is 15.7 Å². The minimum absolute atomic E-state index is 0.0622. The maximum Gasteiger partial charge on any atom is 0.234 e. The summed E-state index contributed by atoms with van der Waals surface area (Å²) in [6.07, 6.45) is 2.56. The van der Waals surface area contributed by atoms with Crippen LogP contribution in [0.25, 0.3) is 0 Å². The summed E-state index contributed by atoms with van der Waals surface area (Å²) >= 11 is 0. The molecule has 94 valence electrons. The molecule has 0 heterocycles. The van der Waals surface area contributed by atoms with Gasteiger partial charge in [-0.2, -0.15) is 0 Å². The molecule has 1 saturated carbocycles. The van der Waals surface area contributed by atoms with E-state index >= 15 is 0 Å². The summed E-state index contributed by atoms with van der Waals surface area (Å²) in [7, 11) is 0. The molecule has 1 fully saturated rings. The lowest BCUT2D eigenvalue weighted by Crippen LogP contribution is -2.59. The maximum absolute atomic E-state index is 11.6. The lowest BCUT2D eigenvalue weighted by atomic mass is 9.86. The minimum Gasteiger partial charge on any atom is -0.388 e. The number of carbonyl (C=O) groups excluding carboxylic acids is 1. The highest BCUT2D eigenvalue weighted by atomic mass is 16.3.